The molecule has 2 aromatic heterocycles. The van der Waals surface area contributed by atoms with E-state index in [-0.39, 0.29) is 11.7 Å². The van der Waals surface area contributed by atoms with Crippen molar-refractivity contribution in [3.63, 3.8) is 0 Å². The number of amides is 2. The number of nitrogens with zero attached hydrogens (tertiary/aromatic N) is 2. The maximum atomic E-state index is 13.1. The lowest BCUT2D eigenvalue weighted by atomic mass is 9.93. The van der Waals surface area contributed by atoms with E-state index in [4.69, 9.17) is 4.42 Å². The Morgan fingerprint density at radius 2 is 1.87 bits per heavy atom. The number of benzene rings is 1. The molecule has 158 valence electrons. The largest absolute Gasteiger partial charge is 0.455 e. The Morgan fingerprint density at radius 1 is 1.10 bits per heavy atom. The van der Waals surface area contributed by atoms with E-state index < -0.39 is 11.7 Å². The lowest BCUT2D eigenvalue weighted by Gasteiger charge is -2.13. The number of rotatable bonds is 4. The molecule has 2 amide bonds. The minimum absolute atomic E-state index is 0.203. The van der Waals surface area contributed by atoms with Crippen LogP contribution in [0.4, 0.5) is 10.2 Å². The SMILES string of the molecule is Cc1cccnc1NC(=O)c1oc2c(c1C)/C(=N/NC(=O)c1ccc(F)cc1)CCC2. The lowest BCUT2D eigenvalue weighted by Crippen LogP contribution is -2.22. The van der Waals surface area contributed by atoms with Gasteiger partial charge in [0.2, 0.25) is 0 Å². The standard InChI is InChI=1S/C23H21FN4O3/c1-13-5-4-12-25-21(13)26-23(30)20-14(2)19-17(6-3-7-18(19)31-20)27-28-22(29)15-8-10-16(24)11-9-15/h4-5,8-12H,3,6-7H2,1-2H3,(H,28,29)(H,25,26,30)/b27-17+. The quantitative estimate of drug-likeness (QED) is 0.620. The average molecular weight is 420 g/mol. The highest BCUT2D eigenvalue weighted by Crippen LogP contribution is 2.30. The number of aryl methyl sites for hydroxylation is 2. The van der Waals surface area contributed by atoms with Crippen LogP contribution in [0.5, 0.6) is 0 Å². The number of fused-ring (bicyclic) bond motifs is 1. The number of aromatic nitrogens is 1. The fourth-order valence-corrected chi connectivity index (χ4v) is 3.56. The van der Waals surface area contributed by atoms with E-state index in [1.807, 2.05) is 13.0 Å². The number of carbonyl (C=O) groups excluding carboxylic acids is 2. The number of hydrogen-bond donors (Lipinski definition) is 2. The van der Waals surface area contributed by atoms with Crippen molar-refractivity contribution in [3.8, 4) is 0 Å². The Kier molecular flexibility index (Phi) is 5.62. The minimum Gasteiger partial charge on any atom is -0.455 e. The van der Waals surface area contributed by atoms with E-state index in [9.17, 15) is 14.0 Å². The monoisotopic (exact) mass is 420 g/mol. The van der Waals surface area contributed by atoms with Crippen LogP contribution in [-0.4, -0.2) is 22.5 Å². The Bertz CT molecular complexity index is 1180. The van der Waals surface area contributed by atoms with Gasteiger partial charge in [0, 0.05) is 29.3 Å². The maximum Gasteiger partial charge on any atom is 0.292 e. The van der Waals surface area contributed by atoms with Crippen LogP contribution in [0.15, 0.2) is 52.1 Å². The first-order valence-electron chi connectivity index (χ1n) is 9.92. The summed E-state index contributed by atoms with van der Waals surface area (Å²) in [6.45, 7) is 3.66. The highest BCUT2D eigenvalue weighted by molar-refractivity contribution is 6.09. The molecule has 0 bridgehead atoms. The van der Waals surface area contributed by atoms with Crippen LogP contribution in [0.1, 0.15) is 56.2 Å². The van der Waals surface area contributed by atoms with Gasteiger partial charge in [-0.2, -0.15) is 5.10 Å². The van der Waals surface area contributed by atoms with Crippen molar-refractivity contribution in [2.75, 3.05) is 5.32 Å². The second kappa shape index (κ2) is 8.51. The zero-order chi connectivity index (χ0) is 22.0. The molecule has 2 heterocycles. The van der Waals surface area contributed by atoms with Crippen LogP contribution < -0.4 is 10.7 Å². The number of anilines is 1. The van der Waals surface area contributed by atoms with E-state index in [2.05, 4.69) is 20.8 Å². The molecule has 0 spiro atoms. The van der Waals surface area contributed by atoms with Crippen molar-refractivity contribution in [2.24, 2.45) is 5.10 Å². The van der Waals surface area contributed by atoms with Crippen molar-refractivity contribution >= 4 is 23.3 Å². The van der Waals surface area contributed by atoms with Crippen LogP contribution in [0.3, 0.4) is 0 Å². The number of hydrogen-bond acceptors (Lipinski definition) is 5. The molecule has 2 N–H and O–H groups in total. The Balaban J connectivity index is 1.57. The van der Waals surface area contributed by atoms with E-state index in [1.54, 1.807) is 19.2 Å². The summed E-state index contributed by atoms with van der Waals surface area (Å²) >= 11 is 0. The van der Waals surface area contributed by atoms with Crippen molar-refractivity contribution in [2.45, 2.75) is 33.1 Å². The van der Waals surface area contributed by atoms with Gasteiger partial charge in [-0.25, -0.2) is 14.8 Å². The fourth-order valence-electron chi connectivity index (χ4n) is 3.56. The molecule has 0 aliphatic heterocycles. The van der Waals surface area contributed by atoms with Gasteiger partial charge >= 0.3 is 0 Å². The summed E-state index contributed by atoms with van der Waals surface area (Å²) in [6.07, 6.45) is 3.71. The highest BCUT2D eigenvalue weighted by Gasteiger charge is 2.28. The van der Waals surface area contributed by atoms with Gasteiger partial charge in [0.1, 0.15) is 17.4 Å². The molecule has 0 atom stereocenters. The van der Waals surface area contributed by atoms with Crippen LogP contribution in [-0.2, 0) is 6.42 Å². The number of hydrazone groups is 1. The molecule has 31 heavy (non-hydrogen) atoms. The summed E-state index contributed by atoms with van der Waals surface area (Å²) < 4.78 is 18.9. The van der Waals surface area contributed by atoms with Gasteiger partial charge in [-0.15, -0.1) is 0 Å². The van der Waals surface area contributed by atoms with Crippen LogP contribution in [0, 0.1) is 19.7 Å². The van der Waals surface area contributed by atoms with Crippen LogP contribution in [0.25, 0.3) is 0 Å². The second-order valence-corrected chi connectivity index (χ2v) is 7.34. The molecule has 0 saturated heterocycles. The molecule has 0 radical (unpaired) electrons. The molecule has 1 aromatic carbocycles. The molecular weight excluding hydrogens is 399 g/mol. The number of nitrogens with one attached hydrogen (secondary N) is 2. The molecule has 0 unspecified atom stereocenters. The first-order valence-corrected chi connectivity index (χ1v) is 9.92. The van der Waals surface area contributed by atoms with E-state index in [0.717, 1.165) is 17.5 Å². The predicted molar refractivity (Wildman–Crippen MR) is 114 cm³/mol. The first-order chi connectivity index (χ1) is 14.9. The smallest absolute Gasteiger partial charge is 0.292 e. The molecular formula is C23H21FN4O3. The van der Waals surface area contributed by atoms with Gasteiger partial charge in [0.15, 0.2) is 5.76 Å². The van der Waals surface area contributed by atoms with Crippen LogP contribution >= 0.6 is 0 Å². The zero-order valence-electron chi connectivity index (χ0n) is 17.2. The predicted octanol–water partition coefficient (Wildman–Crippen LogP) is 4.15. The summed E-state index contributed by atoms with van der Waals surface area (Å²) in [5.41, 5.74) is 5.71. The third kappa shape index (κ3) is 4.23. The maximum absolute atomic E-state index is 13.1. The summed E-state index contributed by atoms with van der Waals surface area (Å²) in [5.74, 6) is 0.103. The van der Waals surface area contributed by atoms with E-state index in [0.29, 0.717) is 41.3 Å². The van der Waals surface area contributed by atoms with E-state index >= 15 is 0 Å². The number of pyridine rings is 1. The molecule has 0 fully saturated rings. The normalized spacial score (nSPS) is 14.2. The third-order valence-corrected chi connectivity index (χ3v) is 5.17. The van der Waals surface area contributed by atoms with Gasteiger partial charge in [-0.3, -0.25) is 9.59 Å². The van der Waals surface area contributed by atoms with Crippen LogP contribution in [0.2, 0.25) is 0 Å². The third-order valence-electron chi connectivity index (χ3n) is 5.17. The van der Waals surface area contributed by atoms with Crippen molar-refractivity contribution in [3.05, 3.63) is 82.2 Å². The average Bonchev–Trinajstić information content (AvgIpc) is 3.11. The summed E-state index contributed by atoms with van der Waals surface area (Å²) in [7, 11) is 0. The van der Waals surface area contributed by atoms with Gasteiger partial charge in [-0.05, 0) is 62.6 Å². The Labute approximate surface area is 178 Å². The van der Waals surface area contributed by atoms with Crippen molar-refractivity contribution in [1.29, 1.82) is 0 Å². The zero-order valence-corrected chi connectivity index (χ0v) is 17.2. The van der Waals surface area contributed by atoms with Gasteiger partial charge in [-0.1, -0.05) is 6.07 Å². The summed E-state index contributed by atoms with van der Waals surface area (Å²) in [5, 5.41) is 7.06. The molecule has 4 rings (SSSR count). The van der Waals surface area contributed by atoms with Gasteiger partial charge in [0.25, 0.3) is 11.8 Å². The minimum atomic E-state index is -0.440. The molecule has 3 aromatic rings. The van der Waals surface area contributed by atoms with Crippen molar-refractivity contribution in [1.82, 2.24) is 10.4 Å². The number of carbonyl (C=O) groups is 2. The summed E-state index contributed by atoms with van der Waals surface area (Å²) in [4.78, 5) is 29.3. The number of halogens is 1. The molecule has 1 aliphatic rings. The Hall–Kier alpha value is -3.81. The summed E-state index contributed by atoms with van der Waals surface area (Å²) in [6, 6.07) is 8.87. The molecule has 1 aliphatic carbocycles. The molecule has 0 saturated carbocycles. The Morgan fingerprint density at radius 3 is 2.61 bits per heavy atom. The van der Waals surface area contributed by atoms with E-state index in [1.165, 1.54) is 24.3 Å². The molecule has 8 heteroatoms. The number of furan rings is 1. The molecule has 7 nitrogen and oxygen atoms in total. The van der Waals surface area contributed by atoms with Gasteiger partial charge < -0.3 is 9.73 Å². The fraction of sp³-hybridized carbons (Fsp3) is 0.217. The van der Waals surface area contributed by atoms with Gasteiger partial charge in [0.05, 0.1) is 5.71 Å². The van der Waals surface area contributed by atoms with Crippen molar-refractivity contribution < 1.29 is 18.4 Å². The lowest BCUT2D eigenvalue weighted by molar-refractivity contribution is 0.0953. The topological polar surface area (TPSA) is 96.6 Å². The second-order valence-electron chi connectivity index (χ2n) is 7.34. The highest BCUT2D eigenvalue weighted by atomic mass is 19.1. The first kappa shape index (κ1) is 20.5.